The third-order valence-electron chi connectivity index (χ3n) is 3.45. The molecular weight excluding hydrogens is 218 g/mol. The van der Waals surface area contributed by atoms with Crippen LogP contribution in [-0.4, -0.2) is 18.9 Å². The van der Waals surface area contributed by atoms with Crippen LogP contribution in [0.4, 0.5) is 0 Å². The van der Waals surface area contributed by atoms with E-state index in [1.54, 1.807) is 0 Å². The van der Waals surface area contributed by atoms with Crippen molar-refractivity contribution in [1.29, 1.82) is 0 Å². The number of fused-ring (bicyclic) bond motifs is 3. The first-order valence-corrected chi connectivity index (χ1v) is 5.44. The third kappa shape index (κ3) is 1.16. The van der Waals surface area contributed by atoms with E-state index >= 15 is 0 Å². The Kier molecular flexibility index (Phi) is 1.85. The topological polar surface area (TPSA) is 55.5 Å². The number of benzene rings is 1. The minimum atomic E-state index is -0.788. The molecule has 0 unspecified atom stereocenters. The second-order valence-corrected chi connectivity index (χ2v) is 4.45. The highest BCUT2D eigenvalue weighted by molar-refractivity contribution is 5.75. The Labute approximate surface area is 99.2 Å². The number of hydrogen-bond donors (Lipinski definition) is 0. The first-order chi connectivity index (χ1) is 8.09. The molecule has 0 amide bonds. The van der Waals surface area contributed by atoms with E-state index < -0.39 is 11.3 Å². The van der Waals surface area contributed by atoms with E-state index in [2.05, 4.69) is 15.2 Å². The lowest BCUT2D eigenvalue weighted by atomic mass is 9.85. The molecule has 0 radical (unpaired) electrons. The fraction of sp³-hybridized carbons (Fsp3) is 0.417. The summed E-state index contributed by atoms with van der Waals surface area (Å²) in [6.45, 7) is 3.86. The van der Waals surface area contributed by atoms with Crippen LogP contribution in [0.5, 0.6) is 5.75 Å². The van der Waals surface area contributed by atoms with Crippen molar-refractivity contribution >= 4 is 6.02 Å². The largest absolute Gasteiger partial charge is 0.466 e. The summed E-state index contributed by atoms with van der Waals surface area (Å²) in [5.74, 6) is 0.803. The van der Waals surface area contributed by atoms with Crippen molar-refractivity contribution in [2.24, 2.45) is 15.2 Å². The van der Waals surface area contributed by atoms with Gasteiger partial charge in [-0.15, -0.1) is 0 Å². The highest BCUT2D eigenvalue weighted by atomic mass is 16.5. The molecule has 1 aromatic carbocycles. The summed E-state index contributed by atoms with van der Waals surface area (Å²) in [6.07, 6.45) is 0. The molecule has 17 heavy (non-hydrogen) atoms. The average molecular weight is 231 g/mol. The van der Waals surface area contributed by atoms with Gasteiger partial charge in [0, 0.05) is 5.56 Å². The highest BCUT2D eigenvalue weighted by Gasteiger charge is 2.57. The number of azo groups is 1. The Morgan fingerprint density at radius 3 is 2.76 bits per heavy atom. The summed E-state index contributed by atoms with van der Waals surface area (Å²) in [5.41, 5.74) is -0.375. The van der Waals surface area contributed by atoms with Gasteiger partial charge >= 0.3 is 6.02 Å². The maximum Gasteiger partial charge on any atom is 0.334 e. The molecule has 0 fully saturated rings. The Morgan fingerprint density at radius 1 is 1.24 bits per heavy atom. The van der Waals surface area contributed by atoms with Gasteiger partial charge in [-0.25, -0.2) is 0 Å². The van der Waals surface area contributed by atoms with E-state index in [-0.39, 0.29) is 6.02 Å². The molecular formula is C12H13N3O2. The average Bonchev–Trinajstić information content (AvgIpc) is 2.56. The molecule has 3 rings (SSSR count). The number of aliphatic imine (C=N–C) groups is 1. The number of rotatable bonds is 0. The van der Waals surface area contributed by atoms with Crippen molar-refractivity contribution in [3.8, 4) is 5.75 Å². The summed E-state index contributed by atoms with van der Waals surface area (Å²) >= 11 is 0. The number of para-hydroxylation sites is 1. The first kappa shape index (κ1) is 10.3. The Balaban J connectivity index is 2.18. The predicted molar refractivity (Wildman–Crippen MR) is 62.1 cm³/mol. The Bertz CT molecular complexity index is 540. The van der Waals surface area contributed by atoms with Crippen LogP contribution in [0.15, 0.2) is 39.5 Å². The van der Waals surface area contributed by atoms with Gasteiger partial charge in [0.05, 0.1) is 7.11 Å². The second-order valence-electron chi connectivity index (χ2n) is 4.45. The van der Waals surface area contributed by atoms with Crippen LogP contribution in [0.1, 0.15) is 19.4 Å². The van der Waals surface area contributed by atoms with Gasteiger partial charge in [-0.2, -0.15) is 10.1 Å². The van der Waals surface area contributed by atoms with Gasteiger partial charge in [0.25, 0.3) is 0 Å². The SMILES string of the molecule is COC1=N[C@@]2(C)Oc3ccccc3[C@@]2(C)N=N1. The summed E-state index contributed by atoms with van der Waals surface area (Å²) in [7, 11) is 1.52. The lowest BCUT2D eigenvalue weighted by molar-refractivity contribution is 0.0442. The molecule has 0 saturated carbocycles. The molecule has 0 N–H and O–H groups in total. The lowest BCUT2D eigenvalue weighted by Crippen LogP contribution is -2.46. The van der Waals surface area contributed by atoms with Crippen LogP contribution in [0.25, 0.3) is 0 Å². The quantitative estimate of drug-likeness (QED) is 0.688. The Hall–Kier alpha value is -1.91. The lowest BCUT2D eigenvalue weighted by Gasteiger charge is -2.33. The molecule has 2 aliphatic heterocycles. The van der Waals surface area contributed by atoms with Gasteiger partial charge < -0.3 is 9.47 Å². The minimum absolute atomic E-state index is 0.248. The highest BCUT2D eigenvalue weighted by Crippen LogP contribution is 2.52. The molecule has 1 aromatic rings. The standard InChI is InChI=1S/C12H13N3O2/c1-11-8-6-4-5-7-9(8)17-12(11,2)13-10(16-3)14-15-11/h4-7H,1-3H3/t11-,12+/m1/s1. The van der Waals surface area contributed by atoms with Crippen molar-refractivity contribution in [3.05, 3.63) is 29.8 Å². The van der Waals surface area contributed by atoms with Crippen LogP contribution >= 0.6 is 0 Å². The van der Waals surface area contributed by atoms with E-state index in [1.807, 2.05) is 38.1 Å². The van der Waals surface area contributed by atoms with Crippen molar-refractivity contribution in [3.63, 3.8) is 0 Å². The maximum atomic E-state index is 5.91. The van der Waals surface area contributed by atoms with Crippen LogP contribution in [0.2, 0.25) is 0 Å². The fourth-order valence-electron chi connectivity index (χ4n) is 2.23. The molecule has 5 heteroatoms. The van der Waals surface area contributed by atoms with Crippen LogP contribution in [-0.2, 0) is 10.3 Å². The molecule has 2 aliphatic rings. The summed E-state index contributed by atoms with van der Waals surface area (Å²) in [5, 5.41) is 8.31. The zero-order chi connectivity index (χ0) is 12.1. The normalized spacial score (nSPS) is 33.5. The molecule has 0 spiro atoms. The molecule has 88 valence electrons. The predicted octanol–water partition coefficient (Wildman–Crippen LogP) is 2.48. The van der Waals surface area contributed by atoms with E-state index in [1.165, 1.54) is 7.11 Å². The number of methoxy groups -OCH3 is 1. The number of ether oxygens (including phenoxy) is 2. The van der Waals surface area contributed by atoms with Gasteiger partial charge in [-0.3, -0.25) is 0 Å². The summed E-state index contributed by atoms with van der Waals surface area (Å²) in [6, 6.07) is 8.05. The van der Waals surface area contributed by atoms with Gasteiger partial charge in [-0.05, 0) is 19.9 Å². The molecule has 5 nitrogen and oxygen atoms in total. The smallest absolute Gasteiger partial charge is 0.334 e. The summed E-state index contributed by atoms with van der Waals surface area (Å²) < 4.78 is 10.9. The molecule has 2 atom stereocenters. The summed E-state index contributed by atoms with van der Waals surface area (Å²) in [4.78, 5) is 4.39. The molecule has 0 aromatic heterocycles. The van der Waals surface area contributed by atoms with Crippen molar-refractivity contribution < 1.29 is 9.47 Å². The van der Waals surface area contributed by atoms with Gasteiger partial charge in [-0.1, -0.05) is 23.3 Å². The molecule has 0 saturated heterocycles. The van der Waals surface area contributed by atoms with Gasteiger partial charge in [0.15, 0.2) is 5.54 Å². The van der Waals surface area contributed by atoms with E-state index in [4.69, 9.17) is 9.47 Å². The van der Waals surface area contributed by atoms with Crippen LogP contribution < -0.4 is 4.74 Å². The Morgan fingerprint density at radius 2 is 2.00 bits per heavy atom. The number of nitrogens with zero attached hydrogens (tertiary/aromatic N) is 3. The van der Waals surface area contributed by atoms with Crippen molar-refractivity contribution in [2.45, 2.75) is 25.1 Å². The molecule has 0 aliphatic carbocycles. The first-order valence-electron chi connectivity index (χ1n) is 5.44. The second kappa shape index (κ2) is 3.06. The maximum absolute atomic E-state index is 5.91. The monoisotopic (exact) mass is 231 g/mol. The molecule has 0 bridgehead atoms. The number of amidine groups is 1. The molecule has 2 heterocycles. The van der Waals surface area contributed by atoms with E-state index in [0.29, 0.717) is 0 Å². The fourth-order valence-corrected chi connectivity index (χ4v) is 2.23. The van der Waals surface area contributed by atoms with Gasteiger partial charge in [0.1, 0.15) is 5.75 Å². The zero-order valence-corrected chi connectivity index (χ0v) is 9.97. The number of hydrogen-bond acceptors (Lipinski definition) is 5. The van der Waals surface area contributed by atoms with Crippen LogP contribution in [0.3, 0.4) is 0 Å². The zero-order valence-electron chi connectivity index (χ0n) is 9.97. The third-order valence-corrected chi connectivity index (χ3v) is 3.45. The van der Waals surface area contributed by atoms with Crippen LogP contribution in [0, 0.1) is 0 Å². The minimum Gasteiger partial charge on any atom is -0.466 e. The van der Waals surface area contributed by atoms with E-state index in [0.717, 1.165) is 11.3 Å². The van der Waals surface area contributed by atoms with Crippen molar-refractivity contribution in [2.75, 3.05) is 7.11 Å². The van der Waals surface area contributed by atoms with Crippen molar-refractivity contribution in [1.82, 2.24) is 0 Å². The van der Waals surface area contributed by atoms with E-state index in [9.17, 15) is 0 Å². The van der Waals surface area contributed by atoms with Gasteiger partial charge in [0.2, 0.25) is 5.72 Å².